The molecule has 22 heavy (non-hydrogen) atoms. The van der Waals surface area contributed by atoms with Gasteiger partial charge in [0, 0.05) is 25.3 Å². The number of hydrogen-bond donors (Lipinski definition) is 2. The number of morpholine rings is 1. The molecular weight excluding hydrogens is 353 g/mol. The summed E-state index contributed by atoms with van der Waals surface area (Å²) in [5.74, 6) is -0.165. The number of halogens is 2. The number of carbonyl (C=O) groups excluding carboxylic acids is 1. The largest absolute Gasteiger partial charge is 0.378 e. The highest BCUT2D eigenvalue weighted by Gasteiger charge is 2.17. The summed E-state index contributed by atoms with van der Waals surface area (Å²) in [6.07, 6.45) is 2.72. The Bertz CT molecular complexity index is 575. The molecule has 1 amide bonds. The van der Waals surface area contributed by atoms with E-state index in [1.54, 1.807) is 0 Å². The van der Waals surface area contributed by atoms with Crippen molar-refractivity contribution in [3.63, 3.8) is 0 Å². The molecule has 1 unspecified atom stereocenters. The van der Waals surface area contributed by atoms with Gasteiger partial charge in [0.25, 0.3) is 0 Å². The molecular formula is C12H19Cl2N3O4S. The lowest BCUT2D eigenvalue weighted by atomic mass is 10.2. The maximum atomic E-state index is 11.8. The number of hydrogen-bond acceptors (Lipinski definition) is 6. The highest BCUT2D eigenvalue weighted by Crippen LogP contribution is 2.11. The van der Waals surface area contributed by atoms with E-state index < -0.39 is 9.84 Å². The van der Waals surface area contributed by atoms with Crippen molar-refractivity contribution in [3.05, 3.63) is 18.3 Å². The normalized spacial score (nSPS) is 17.8. The summed E-state index contributed by atoms with van der Waals surface area (Å²) in [6, 6.07) is 2.89. The molecule has 0 radical (unpaired) electrons. The summed E-state index contributed by atoms with van der Waals surface area (Å²) in [4.78, 5) is 15.6. The molecule has 1 aliphatic rings. The molecule has 0 spiro atoms. The van der Waals surface area contributed by atoms with Gasteiger partial charge in [0.15, 0.2) is 14.9 Å². The van der Waals surface area contributed by atoms with Crippen LogP contribution in [0.25, 0.3) is 0 Å². The van der Waals surface area contributed by atoms with Crippen LogP contribution in [0.1, 0.15) is 6.42 Å². The molecule has 1 fully saturated rings. The van der Waals surface area contributed by atoms with E-state index in [1.807, 2.05) is 0 Å². The number of sulfone groups is 1. The molecule has 0 aliphatic carbocycles. The summed E-state index contributed by atoms with van der Waals surface area (Å²) >= 11 is 0. The third kappa shape index (κ3) is 6.45. The lowest BCUT2D eigenvalue weighted by molar-refractivity contribution is -0.117. The quantitative estimate of drug-likeness (QED) is 0.805. The summed E-state index contributed by atoms with van der Waals surface area (Å²) in [5.41, 5.74) is 0.471. The van der Waals surface area contributed by atoms with Gasteiger partial charge in [0.1, 0.15) is 0 Å². The molecule has 10 heteroatoms. The number of pyridine rings is 1. The first-order chi connectivity index (χ1) is 9.45. The van der Waals surface area contributed by atoms with Gasteiger partial charge in [0.05, 0.1) is 25.1 Å². The van der Waals surface area contributed by atoms with Crippen LogP contribution in [0, 0.1) is 0 Å². The maximum Gasteiger partial charge on any atom is 0.226 e. The van der Waals surface area contributed by atoms with Crippen molar-refractivity contribution in [1.29, 1.82) is 0 Å². The van der Waals surface area contributed by atoms with Gasteiger partial charge in [-0.1, -0.05) is 0 Å². The Morgan fingerprint density at radius 3 is 2.68 bits per heavy atom. The van der Waals surface area contributed by atoms with Crippen molar-refractivity contribution in [3.8, 4) is 0 Å². The van der Waals surface area contributed by atoms with E-state index in [0.717, 1.165) is 12.8 Å². The third-order valence-corrected chi connectivity index (χ3v) is 3.83. The van der Waals surface area contributed by atoms with E-state index in [9.17, 15) is 13.2 Å². The van der Waals surface area contributed by atoms with Crippen molar-refractivity contribution < 1.29 is 17.9 Å². The molecule has 2 rings (SSSR count). The van der Waals surface area contributed by atoms with Crippen molar-refractivity contribution in [1.82, 2.24) is 10.3 Å². The van der Waals surface area contributed by atoms with E-state index in [0.29, 0.717) is 25.3 Å². The van der Waals surface area contributed by atoms with Gasteiger partial charge in [-0.15, -0.1) is 24.8 Å². The summed E-state index contributed by atoms with van der Waals surface area (Å²) < 4.78 is 27.8. The summed E-state index contributed by atoms with van der Waals surface area (Å²) in [6.45, 7) is 1.91. The van der Waals surface area contributed by atoms with E-state index in [-0.39, 0.29) is 41.8 Å². The van der Waals surface area contributed by atoms with Crippen LogP contribution < -0.4 is 10.6 Å². The Balaban J connectivity index is 0.00000220. The predicted molar refractivity (Wildman–Crippen MR) is 87.7 cm³/mol. The molecule has 7 nitrogen and oxygen atoms in total. The van der Waals surface area contributed by atoms with Crippen LogP contribution in [0.15, 0.2) is 23.4 Å². The zero-order chi connectivity index (χ0) is 14.6. The predicted octanol–water partition coefficient (Wildman–Crippen LogP) is 0.646. The van der Waals surface area contributed by atoms with Crippen molar-refractivity contribution in [2.45, 2.75) is 17.5 Å². The van der Waals surface area contributed by atoms with Crippen LogP contribution in [0.2, 0.25) is 0 Å². The Morgan fingerprint density at radius 2 is 2.18 bits per heavy atom. The molecule has 0 saturated carbocycles. The van der Waals surface area contributed by atoms with Crippen molar-refractivity contribution in [2.24, 2.45) is 0 Å². The van der Waals surface area contributed by atoms with Gasteiger partial charge >= 0.3 is 0 Å². The van der Waals surface area contributed by atoms with Gasteiger partial charge in [-0.05, 0) is 12.1 Å². The van der Waals surface area contributed by atoms with Gasteiger partial charge in [-0.2, -0.15) is 0 Å². The van der Waals surface area contributed by atoms with E-state index in [1.165, 1.54) is 18.3 Å². The van der Waals surface area contributed by atoms with Gasteiger partial charge < -0.3 is 15.4 Å². The Labute approximate surface area is 142 Å². The molecule has 1 saturated heterocycles. The molecule has 126 valence electrons. The number of aromatic nitrogens is 1. The Hall–Kier alpha value is -0.930. The molecule has 1 aromatic rings. The zero-order valence-electron chi connectivity index (χ0n) is 11.9. The molecule has 1 aliphatic heterocycles. The number of nitrogens with zero attached hydrogens (tertiary/aromatic N) is 1. The van der Waals surface area contributed by atoms with Crippen LogP contribution in [0.3, 0.4) is 0 Å². The first-order valence-corrected chi connectivity index (χ1v) is 8.11. The average molecular weight is 372 g/mol. The summed E-state index contributed by atoms with van der Waals surface area (Å²) in [7, 11) is -3.32. The van der Waals surface area contributed by atoms with E-state index in [4.69, 9.17) is 4.74 Å². The second-order valence-electron chi connectivity index (χ2n) is 4.64. The summed E-state index contributed by atoms with van der Waals surface area (Å²) in [5, 5.41) is 5.84. The minimum Gasteiger partial charge on any atom is -0.378 e. The SMILES string of the molecule is CS(=O)(=O)c1ccc(NC(=O)CC2COCCN2)cn1.Cl.Cl. The zero-order valence-corrected chi connectivity index (χ0v) is 14.4. The first kappa shape index (κ1) is 21.1. The number of ether oxygens (including phenoxy) is 1. The molecule has 2 heterocycles. The Kier molecular flexibility index (Phi) is 8.87. The van der Waals surface area contributed by atoms with Crippen LogP contribution >= 0.6 is 24.8 Å². The smallest absolute Gasteiger partial charge is 0.226 e. The fraction of sp³-hybridized carbons (Fsp3) is 0.500. The van der Waals surface area contributed by atoms with E-state index in [2.05, 4.69) is 15.6 Å². The van der Waals surface area contributed by atoms with Crippen LogP contribution in [0.4, 0.5) is 5.69 Å². The number of amides is 1. The third-order valence-electron chi connectivity index (χ3n) is 2.83. The molecule has 1 aromatic heterocycles. The van der Waals surface area contributed by atoms with Crippen LogP contribution in [-0.2, 0) is 19.4 Å². The highest BCUT2D eigenvalue weighted by molar-refractivity contribution is 7.90. The number of nitrogens with one attached hydrogen (secondary N) is 2. The number of anilines is 1. The van der Waals surface area contributed by atoms with Gasteiger partial charge in [-0.3, -0.25) is 4.79 Å². The lowest BCUT2D eigenvalue weighted by Gasteiger charge is -2.23. The molecule has 0 aromatic carbocycles. The minimum atomic E-state index is -3.32. The number of rotatable bonds is 4. The minimum absolute atomic E-state index is 0. The van der Waals surface area contributed by atoms with Crippen LogP contribution in [-0.4, -0.2) is 51.4 Å². The molecule has 1 atom stereocenters. The molecule has 2 N–H and O–H groups in total. The second kappa shape index (κ2) is 9.26. The van der Waals surface area contributed by atoms with E-state index >= 15 is 0 Å². The van der Waals surface area contributed by atoms with Gasteiger partial charge in [0.2, 0.25) is 5.91 Å². The highest BCUT2D eigenvalue weighted by atomic mass is 35.5. The fourth-order valence-electron chi connectivity index (χ4n) is 1.86. The first-order valence-electron chi connectivity index (χ1n) is 6.22. The lowest BCUT2D eigenvalue weighted by Crippen LogP contribution is -2.43. The standard InChI is InChI=1S/C12H17N3O4S.2ClH/c1-20(17,18)12-3-2-9(7-14-12)15-11(16)6-10-8-19-5-4-13-10;;/h2-3,7,10,13H,4-6,8H2,1H3,(H,15,16);2*1H. The van der Waals surface area contributed by atoms with Crippen LogP contribution in [0.5, 0.6) is 0 Å². The topological polar surface area (TPSA) is 97.4 Å². The van der Waals surface area contributed by atoms with Crippen molar-refractivity contribution in [2.75, 3.05) is 31.3 Å². The van der Waals surface area contributed by atoms with Crippen molar-refractivity contribution >= 4 is 46.2 Å². The maximum absolute atomic E-state index is 11.8. The monoisotopic (exact) mass is 371 g/mol. The Morgan fingerprint density at radius 1 is 1.45 bits per heavy atom. The average Bonchev–Trinajstić information content (AvgIpc) is 2.39. The fourth-order valence-corrected chi connectivity index (χ4v) is 2.42. The second-order valence-corrected chi connectivity index (χ2v) is 6.60. The molecule has 0 bridgehead atoms. The van der Waals surface area contributed by atoms with Gasteiger partial charge in [-0.25, -0.2) is 13.4 Å². The number of carbonyl (C=O) groups is 1.